The number of hydrogen-bond acceptors (Lipinski definition) is 4. The number of aromatic nitrogens is 1. The van der Waals surface area contributed by atoms with Crippen LogP contribution < -0.4 is 5.32 Å². The number of nitrogens with one attached hydrogen (secondary N) is 1. The predicted octanol–water partition coefficient (Wildman–Crippen LogP) is 2.65. The molecule has 0 spiro atoms. The maximum atomic E-state index is 13.0. The van der Waals surface area contributed by atoms with Crippen molar-refractivity contribution in [3.8, 4) is 0 Å². The Labute approximate surface area is 160 Å². The van der Waals surface area contributed by atoms with Crippen LogP contribution in [0.5, 0.6) is 0 Å². The summed E-state index contributed by atoms with van der Waals surface area (Å²) in [5, 5.41) is 2.97. The first-order valence-electron chi connectivity index (χ1n) is 9.22. The zero-order valence-corrected chi connectivity index (χ0v) is 16.4. The summed E-state index contributed by atoms with van der Waals surface area (Å²) in [6.45, 7) is 4.20. The van der Waals surface area contributed by atoms with E-state index in [2.05, 4.69) is 17.2 Å². The zero-order chi connectivity index (χ0) is 19.4. The summed E-state index contributed by atoms with van der Waals surface area (Å²) in [6.07, 6.45) is 4.23. The Bertz CT molecular complexity index is 900. The highest BCUT2D eigenvalue weighted by molar-refractivity contribution is 7.89. The van der Waals surface area contributed by atoms with Crippen molar-refractivity contribution in [1.29, 1.82) is 0 Å². The van der Waals surface area contributed by atoms with E-state index in [1.165, 1.54) is 4.31 Å². The lowest BCUT2D eigenvalue weighted by Gasteiger charge is -2.18. The van der Waals surface area contributed by atoms with Crippen molar-refractivity contribution in [3.63, 3.8) is 0 Å². The van der Waals surface area contributed by atoms with Gasteiger partial charge >= 0.3 is 0 Å². The van der Waals surface area contributed by atoms with Crippen LogP contribution in [0.15, 0.2) is 48.8 Å². The second-order valence-electron chi connectivity index (χ2n) is 6.75. The molecule has 0 radical (unpaired) electrons. The standard InChI is InChI=1S/C20H25N3O3S/c1-3-15-6-5-7-17(12-15)22-20(24)19-14-23(27(25,26)4-2)13-18(19)16-8-10-21-11-9-16/h5-12,18-19H,3-4,13-14H2,1-2H3,(H,22,24)/t18-,19+/m0/s1. The number of nitrogens with zero attached hydrogens (tertiary/aromatic N) is 2. The van der Waals surface area contributed by atoms with Gasteiger partial charge in [0.2, 0.25) is 15.9 Å². The van der Waals surface area contributed by atoms with Gasteiger partial charge in [-0.25, -0.2) is 12.7 Å². The summed E-state index contributed by atoms with van der Waals surface area (Å²) < 4.78 is 26.2. The van der Waals surface area contributed by atoms with Crippen LogP contribution in [0.25, 0.3) is 0 Å². The Morgan fingerprint density at radius 3 is 2.59 bits per heavy atom. The molecule has 3 rings (SSSR count). The molecule has 2 atom stereocenters. The first-order chi connectivity index (χ1) is 12.9. The highest BCUT2D eigenvalue weighted by Crippen LogP contribution is 2.35. The van der Waals surface area contributed by atoms with Crippen molar-refractivity contribution in [2.24, 2.45) is 5.92 Å². The van der Waals surface area contributed by atoms with Crippen LogP contribution in [0.2, 0.25) is 0 Å². The fraction of sp³-hybridized carbons (Fsp3) is 0.400. The van der Waals surface area contributed by atoms with E-state index in [1.807, 2.05) is 36.4 Å². The Balaban J connectivity index is 1.86. The lowest BCUT2D eigenvalue weighted by atomic mass is 9.89. The second kappa shape index (κ2) is 8.19. The van der Waals surface area contributed by atoms with E-state index in [0.29, 0.717) is 6.54 Å². The van der Waals surface area contributed by atoms with Crippen molar-refractivity contribution < 1.29 is 13.2 Å². The molecule has 0 bridgehead atoms. The zero-order valence-electron chi connectivity index (χ0n) is 15.6. The molecule has 27 heavy (non-hydrogen) atoms. The van der Waals surface area contributed by atoms with Crippen molar-refractivity contribution in [2.45, 2.75) is 26.2 Å². The molecule has 1 aliphatic rings. The molecule has 1 aliphatic heterocycles. The smallest absolute Gasteiger partial charge is 0.229 e. The highest BCUT2D eigenvalue weighted by Gasteiger charge is 2.42. The number of benzene rings is 1. The first kappa shape index (κ1) is 19.5. The third-order valence-electron chi connectivity index (χ3n) is 5.12. The molecule has 6 nitrogen and oxygen atoms in total. The van der Waals surface area contributed by atoms with Crippen LogP contribution in [0.4, 0.5) is 5.69 Å². The summed E-state index contributed by atoms with van der Waals surface area (Å²) in [5.74, 6) is -0.760. The van der Waals surface area contributed by atoms with Crippen molar-refractivity contribution >= 4 is 21.6 Å². The molecule has 1 aromatic carbocycles. The molecular weight excluding hydrogens is 362 g/mol. The molecular formula is C20H25N3O3S. The van der Waals surface area contributed by atoms with Gasteiger partial charge in [0.15, 0.2) is 0 Å². The van der Waals surface area contributed by atoms with Gasteiger partial charge in [-0.05, 0) is 48.7 Å². The van der Waals surface area contributed by atoms with Crippen molar-refractivity contribution in [3.05, 3.63) is 59.9 Å². The van der Waals surface area contributed by atoms with Gasteiger partial charge in [-0.15, -0.1) is 0 Å². The number of hydrogen-bond donors (Lipinski definition) is 1. The average molecular weight is 388 g/mol. The molecule has 1 aromatic heterocycles. The van der Waals surface area contributed by atoms with E-state index in [9.17, 15) is 13.2 Å². The maximum absolute atomic E-state index is 13.0. The number of anilines is 1. The number of amides is 1. The fourth-order valence-electron chi connectivity index (χ4n) is 3.50. The molecule has 1 amide bonds. The minimum atomic E-state index is -3.35. The SMILES string of the molecule is CCc1cccc(NC(=O)[C@@H]2CN(S(=O)(=O)CC)C[C@H]2c2ccncc2)c1. The largest absolute Gasteiger partial charge is 0.326 e. The number of aryl methyl sites for hydroxylation is 1. The molecule has 1 N–H and O–H groups in total. The Morgan fingerprint density at radius 2 is 1.93 bits per heavy atom. The number of carbonyl (C=O) groups is 1. The third-order valence-corrected chi connectivity index (χ3v) is 6.93. The summed E-state index contributed by atoms with van der Waals surface area (Å²) in [6, 6.07) is 11.4. The van der Waals surface area contributed by atoms with Gasteiger partial charge in [-0.2, -0.15) is 0 Å². The van der Waals surface area contributed by atoms with Gasteiger partial charge in [0.05, 0.1) is 11.7 Å². The van der Waals surface area contributed by atoms with Crippen molar-refractivity contribution in [2.75, 3.05) is 24.2 Å². The molecule has 0 unspecified atom stereocenters. The van der Waals surface area contributed by atoms with Crippen LogP contribution >= 0.6 is 0 Å². The van der Waals surface area contributed by atoms with Gasteiger partial charge in [-0.1, -0.05) is 19.1 Å². The topological polar surface area (TPSA) is 79.4 Å². The Kier molecular flexibility index (Phi) is 5.92. The lowest BCUT2D eigenvalue weighted by molar-refractivity contribution is -0.119. The Morgan fingerprint density at radius 1 is 1.19 bits per heavy atom. The van der Waals surface area contributed by atoms with Gasteiger partial charge in [0.25, 0.3) is 0 Å². The van der Waals surface area contributed by atoms with Crippen LogP contribution in [0, 0.1) is 5.92 Å². The van der Waals surface area contributed by atoms with Gasteiger partial charge in [0.1, 0.15) is 0 Å². The summed E-state index contributed by atoms with van der Waals surface area (Å²) in [7, 11) is -3.35. The molecule has 0 saturated carbocycles. The van der Waals surface area contributed by atoms with E-state index in [-0.39, 0.29) is 24.1 Å². The molecule has 144 valence electrons. The quantitative estimate of drug-likeness (QED) is 0.826. The number of sulfonamides is 1. The van der Waals surface area contributed by atoms with Crippen LogP contribution in [0.3, 0.4) is 0 Å². The fourth-order valence-corrected chi connectivity index (χ4v) is 4.64. The third kappa shape index (κ3) is 4.36. The normalized spacial score (nSPS) is 20.5. The van der Waals surface area contributed by atoms with Gasteiger partial charge in [-0.3, -0.25) is 9.78 Å². The highest BCUT2D eigenvalue weighted by atomic mass is 32.2. The summed E-state index contributed by atoms with van der Waals surface area (Å²) in [4.78, 5) is 17.0. The summed E-state index contributed by atoms with van der Waals surface area (Å²) >= 11 is 0. The predicted molar refractivity (Wildman–Crippen MR) is 106 cm³/mol. The van der Waals surface area contributed by atoms with E-state index < -0.39 is 15.9 Å². The van der Waals surface area contributed by atoms with Gasteiger partial charge < -0.3 is 5.32 Å². The number of pyridine rings is 1. The second-order valence-corrected chi connectivity index (χ2v) is 9.01. The summed E-state index contributed by atoms with van der Waals surface area (Å²) in [5.41, 5.74) is 2.81. The molecule has 0 aliphatic carbocycles. The monoisotopic (exact) mass is 387 g/mol. The molecule has 7 heteroatoms. The molecule has 2 heterocycles. The molecule has 1 fully saturated rings. The van der Waals surface area contributed by atoms with E-state index in [1.54, 1.807) is 19.3 Å². The van der Waals surface area contributed by atoms with Crippen LogP contribution in [-0.2, 0) is 21.2 Å². The minimum absolute atomic E-state index is 0.0307. The van der Waals surface area contributed by atoms with E-state index in [0.717, 1.165) is 23.2 Å². The maximum Gasteiger partial charge on any atom is 0.229 e. The number of rotatable bonds is 6. The van der Waals surface area contributed by atoms with Crippen LogP contribution in [-0.4, -0.2) is 42.5 Å². The minimum Gasteiger partial charge on any atom is -0.326 e. The Hall–Kier alpha value is -2.25. The number of carbonyl (C=O) groups excluding carboxylic acids is 1. The molecule has 2 aromatic rings. The lowest BCUT2D eigenvalue weighted by Crippen LogP contribution is -2.32. The first-order valence-corrected chi connectivity index (χ1v) is 10.8. The van der Waals surface area contributed by atoms with E-state index >= 15 is 0 Å². The molecule has 1 saturated heterocycles. The van der Waals surface area contributed by atoms with Gasteiger partial charge in [0, 0.05) is 37.1 Å². The van der Waals surface area contributed by atoms with E-state index in [4.69, 9.17) is 0 Å². The van der Waals surface area contributed by atoms with Crippen LogP contribution in [0.1, 0.15) is 30.9 Å². The van der Waals surface area contributed by atoms with Crippen molar-refractivity contribution in [1.82, 2.24) is 9.29 Å². The average Bonchev–Trinajstić information content (AvgIpc) is 3.15.